The maximum atomic E-state index is 14.5. The molecule has 0 fully saturated rings. The molecule has 1 aromatic heterocycles. The number of carbonyl (C=O) groups excluding carboxylic acids is 1. The molecule has 1 aliphatic carbocycles. The van der Waals surface area contributed by atoms with Crippen molar-refractivity contribution in [1.29, 1.82) is 0 Å². The van der Waals surface area contributed by atoms with Crippen LogP contribution in [-0.4, -0.2) is 10.8 Å². The van der Waals surface area contributed by atoms with Gasteiger partial charge in [0.05, 0.1) is 11.4 Å². The number of carbonyl (C=O) groups is 1. The lowest BCUT2D eigenvalue weighted by molar-refractivity contribution is 0.0809. The average molecular weight is 462 g/mol. The van der Waals surface area contributed by atoms with Gasteiger partial charge in [-0.2, -0.15) is 0 Å². The molecule has 1 aliphatic rings. The lowest BCUT2D eigenvalue weighted by atomic mass is 9.75. The second-order valence-electron chi connectivity index (χ2n) is 9.02. The highest BCUT2D eigenvalue weighted by atomic mass is 32.2. The van der Waals surface area contributed by atoms with E-state index in [1.807, 2.05) is 58.0 Å². The van der Waals surface area contributed by atoms with E-state index in [1.54, 1.807) is 6.07 Å². The molecule has 3 rings (SSSR count). The Labute approximate surface area is 201 Å². The first-order chi connectivity index (χ1) is 15.7. The molecular weight excluding hydrogens is 429 g/mol. The fourth-order valence-corrected chi connectivity index (χ4v) is 4.77. The van der Waals surface area contributed by atoms with E-state index in [9.17, 15) is 9.18 Å². The number of thioether (sulfide) groups is 1. The van der Waals surface area contributed by atoms with Gasteiger partial charge in [-0.05, 0) is 86.6 Å². The molecule has 0 aliphatic heterocycles. The standard InChI is InChI=1S/C29H32FNOS/c1-7-9-10-11-19(3)21-16-22(18-23(30)17-21)27(8-2)33-20(4)25-13-12-24-26(31-25)14-15-29(5,6)28(24)32/h7-9,12-13,16-18H,3-4,10-11,14-15H2,1-2,5-6H3/b9-7-,27-8-. The van der Waals surface area contributed by atoms with Crippen molar-refractivity contribution >= 4 is 32.9 Å². The van der Waals surface area contributed by atoms with Gasteiger partial charge in [0.15, 0.2) is 5.78 Å². The van der Waals surface area contributed by atoms with Crippen LogP contribution in [0.1, 0.15) is 79.8 Å². The fraction of sp³-hybridized carbons (Fsp3) is 0.310. The predicted octanol–water partition coefficient (Wildman–Crippen LogP) is 8.51. The lowest BCUT2D eigenvalue weighted by Crippen LogP contribution is -2.31. The highest BCUT2D eigenvalue weighted by Gasteiger charge is 2.34. The number of halogens is 1. The summed E-state index contributed by atoms with van der Waals surface area (Å²) in [6.07, 6.45) is 9.29. The summed E-state index contributed by atoms with van der Waals surface area (Å²) >= 11 is 1.46. The monoisotopic (exact) mass is 461 g/mol. The number of fused-ring (bicyclic) bond motifs is 1. The van der Waals surface area contributed by atoms with Crippen molar-refractivity contribution in [2.75, 3.05) is 0 Å². The quantitative estimate of drug-likeness (QED) is 0.369. The molecule has 0 atom stereocenters. The molecule has 2 aromatic rings. The van der Waals surface area contributed by atoms with E-state index in [2.05, 4.69) is 19.2 Å². The van der Waals surface area contributed by atoms with Gasteiger partial charge in [0.25, 0.3) is 0 Å². The number of hydrogen-bond donors (Lipinski definition) is 0. The lowest BCUT2D eigenvalue weighted by Gasteiger charge is -2.29. The SMILES string of the molecule is C=C(CC/C=C\C)c1cc(F)cc(/C(=C/C)SC(=C)c2ccc3c(n2)CCC(C)(C)C3=O)c1. The Morgan fingerprint density at radius 1 is 1.18 bits per heavy atom. The molecule has 0 bridgehead atoms. The minimum atomic E-state index is -0.341. The van der Waals surface area contributed by atoms with Crippen LogP contribution < -0.4 is 0 Å². The molecule has 33 heavy (non-hydrogen) atoms. The van der Waals surface area contributed by atoms with Crippen molar-refractivity contribution in [3.05, 3.63) is 95.6 Å². The molecule has 2 nitrogen and oxygen atoms in total. The molecule has 0 saturated heterocycles. The van der Waals surface area contributed by atoms with Crippen molar-refractivity contribution < 1.29 is 9.18 Å². The van der Waals surface area contributed by atoms with Gasteiger partial charge in [0.1, 0.15) is 5.82 Å². The van der Waals surface area contributed by atoms with Crippen LogP contribution >= 0.6 is 11.8 Å². The summed E-state index contributed by atoms with van der Waals surface area (Å²) in [6, 6.07) is 8.80. The largest absolute Gasteiger partial charge is 0.294 e. The Kier molecular flexibility index (Phi) is 7.91. The van der Waals surface area contributed by atoms with Crippen LogP contribution in [0.4, 0.5) is 4.39 Å². The van der Waals surface area contributed by atoms with Crippen LogP contribution in [0, 0.1) is 11.2 Å². The number of benzene rings is 1. The molecule has 0 radical (unpaired) electrons. The Morgan fingerprint density at radius 3 is 2.61 bits per heavy atom. The van der Waals surface area contributed by atoms with E-state index >= 15 is 0 Å². The van der Waals surface area contributed by atoms with E-state index in [4.69, 9.17) is 4.98 Å². The fourth-order valence-electron chi connectivity index (χ4n) is 3.94. The summed E-state index contributed by atoms with van der Waals surface area (Å²) in [5, 5.41) is 0. The molecule has 0 spiro atoms. The summed E-state index contributed by atoms with van der Waals surface area (Å²) in [5.41, 5.74) is 4.48. The Morgan fingerprint density at radius 2 is 1.91 bits per heavy atom. The van der Waals surface area contributed by atoms with Gasteiger partial charge < -0.3 is 0 Å². The van der Waals surface area contributed by atoms with Gasteiger partial charge in [-0.1, -0.05) is 57.0 Å². The van der Waals surface area contributed by atoms with Crippen LogP contribution in [0.5, 0.6) is 0 Å². The van der Waals surface area contributed by atoms with Gasteiger partial charge in [0, 0.05) is 20.8 Å². The second-order valence-corrected chi connectivity index (χ2v) is 10.2. The minimum Gasteiger partial charge on any atom is -0.294 e. The van der Waals surface area contributed by atoms with Crippen molar-refractivity contribution in [3.8, 4) is 0 Å². The third kappa shape index (κ3) is 5.80. The summed E-state index contributed by atoms with van der Waals surface area (Å²) in [5.74, 6) is -0.134. The molecule has 0 amide bonds. The number of hydrogen-bond acceptors (Lipinski definition) is 3. The zero-order valence-electron chi connectivity index (χ0n) is 20.0. The number of allylic oxidation sites excluding steroid dienone is 4. The first-order valence-electron chi connectivity index (χ1n) is 11.3. The number of pyridine rings is 1. The Hall–Kier alpha value is -2.72. The number of Topliss-reactive ketones (excluding diaryl/α,β-unsaturated/α-hetero) is 1. The van der Waals surface area contributed by atoms with Crippen LogP contribution in [0.15, 0.2) is 61.7 Å². The molecule has 0 unspecified atom stereocenters. The van der Waals surface area contributed by atoms with Gasteiger partial charge >= 0.3 is 0 Å². The predicted molar refractivity (Wildman–Crippen MR) is 140 cm³/mol. The van der Waals surface area contributed by atoms with Gasteiger partial charge in [-0.15, -0.1) is 0 Å². The molecule has 0 N–H and O–H groups in total. The maximum Gasteiger partial charge on any atom is 0.170 e. The van der Waals surface area contributed by atoms with Crippen LogP contribution in [0.25, 0.3) is 15.4 Å². The zero-order valence-corrected chi connectivity index (χ0v) is 20.8. The molecule has 4 heteroatoms. The average Bonchev–Trinajstić information content (AvgIpc) is 2.79. The van der Waals surface area contributed by atoms with Gasteiger partial charge in [-0.25, -0.2) is 4.39 Å². The number of nitrogens with zero attached hydrogens (tertiary/aromatic N) is 1. The van der Waals surface area contributed by atoms with Crippen LogP contribution in [0.3, 0.4) is 0 Å². The van der Waals surface area contributed by atoms with Gasteiger partial charge in [-0.3, -0.25) is 9.78 Å². The van der Waals surface area contributed by atoms with E-state index in [0.717, 1.165) is 63.6 Å². The summed E-state index contributed by atoms with van der Waals surface area (Å²) in [6.45, 7) is 16.3. The van der Waals surface area contributed by atoms with Gasteiger partial charge in [0.2, 0.25) is 0 Å². The first kappa shape index (κ1) is 24.9. The smallest absolute Gasteiger partial charge is 0.170 e. The third-order valence-electron chi connectivity index (χ3n) is 6.04. The van der Waals surface area contributed by atoms with Crippen LogP contribution in [-0.2, 0) is 6.42 Å². The molecule has 0 saturated carbocycles. The topological polar surface area (TPSA) is 30.0 Å². The molecule has 1 aromatic carbocycles. The van der Waals surface area contributed by atoms with Crippen LogP contribution in [0.2, 0.25) is 0 Å². The van der Waals surface area contributed by atoms with E-state index < -0.39 is 0 Å². The number of aryl methyl sites for hydroxylation is 1. The van der Waals surface area contributed by atoms with E-state index in [1.165, 1.54) is 17.8 Å². The number of ketones is 1. The normalized spacial score (nSPS) is 15.5. The Bertz CT molecular complexity index is 1160. The molecular formula is C29H32FNOS. The minimum absolute atomic E-state index is 0.150. The van der Waals surface area contributed by atoms with Crippen molar-refractivity contribution in [3.63, 3.8) is 0 Å². The van der Waals surface area contributed by atoms with Crippen molar-refractivity contribution in [2.45, 2.75) is 53.4 Å². The Balaban J connectivity index is 1.81. The van der Waals surface area contributed by atoms with E-state index in [0.29, 0.717) is 5.56 Å². The summed E-state index contributed by atoms with van der Waals surface area (Å²) in [4.78, 5) is 19.1. The number of rotatable bonds is 8. The van der Waals surface area contributed by atoms with Crippen molar-refractivity contribution in [2.24, 2.45) is 5.41 Å². The maximum absolute atomic E-state index is 14.5. The summed E-state index contributed by atoms with van der Waals surface area (Å²) in [7, 11) is 0. The first-order valence-corrected chi connectivity index (χ1v) is 12.2. The zero-order chi connectivity index (χ0) is 24.2. The molecule has 1 heterocycles. The second kappa shape index (κ2) is 10.5. The van der Waals surface area contributed by atoms with Crippen molar-refractivity contribution in [1.82, 2.24) is 4.98 Å². The highest BCUT2D eigenvalue weighted by molar-refractivity contribution is 8.16. The van der Waals surface area contributed by atoms with E-state index in [-0.39, 0.29) is 17.0 Å². The molecule has 172 valence electrons. The third-order valence-corrected chi connectivity index (χ3v) is 7.19. The number of aromatic nitrogens is 1. The highest BCUT2D eigenvalue weighted by Crippen LogP contribution is 2.40. The summed E-state index contributed by atoms with van der Waals surface area (Å²) < 4.78 is 14.5.